The van der Waals surface area contributed by atoms with E-state index < -0.39 is 0 Å². The number of carbonyl (C=O) groups is 1. The molecule has 3 rings (SSSR count). The smallest absolute Gasteiger partial charge is 0.240 e. The van der Waals surface area contributed by atoms with E-state index in [-0.39, 0.29) is 5.91 Å². The SMILES string of the molecule is C/C=C(\C)CN1C[C@H](NC(=O)Cn2ccnc2C)[C@@H](C2CC2)C1. The van der Waals surface area contributed by atoms with Crippen LogP contribution in [-0.4, -0.2) is 46.0 Å². The zero-order valence-corrected chi connectivity index (χ0v) is 14.5. The summed E-state index contributed by atoms with van der Waals surface area (Å²) < 4.78 is 1.90. The van der Waals surface area contributed by atoms with Gasteiger partial charge in [0.15, 0.2) is 0 Å². The maximum absolute atomic E-state index is 12.4. The minimum Gasteiger partial charge on any atom is -0.350 e. The second kappa shape index (κ2) is 6.87. The predicted octanol–water partition coefficient (Wildman–Crippen LogP) is 1.98. The van der Waals surface area contributed by atoms with Crippen LogP contribution in [0.15, 0.2) is 24.0 Å². The van der Waals surface area contributed by atoms with E-state index in [1.165, 1.54) is 18.4 Å². The molecule has 1 aromatic heterocycles. The number of likely N-dealkylation sites (tertiary alicyclic amines) is 1. The molecule has 126 valence electrons. The molecule has 0 unspecified atom stereocenters. The van der Waals surface area contributed by atoms with Gasteiger partial charge in [-0.3, -0.25) is 9.69 Å². The highest BCUT2D eigenvalue weighted by Crippen LogP contribution is 2.41. The van der Waals surface area contributed by atoms with Gasteiger partial charge in [-0.1, -0.05) is 11.6 Å². The van der Waals surface area contributed by atoms with E-state index in [0.717, 1.165) is 31.4 Å². The Kier molecular flexibility index (Phi) is 4.85. The lowest BCUT2D eigenvalue weighted by atomic mass is 9.98. The molecule has 0 bridgehead atoms. The van der Waals surface area contributed by atoms with Crippen molar-refractivity contribution in [1.82, 2.24) is 19.8 Å². The number of nitrogens with zero attached hydrogens (tertiary/aromatic N) is 3. The quantitative estimate of drug-likeness (QED) is 0.817. The first-order valence-corrected chi connectivity index (χ1v) is 8.68. The van der Waals surface area contributed by atoms with Crippen LogP contribution in [0.2, 0.25) is 0 Å². The summed E-state index contributed by atoms with van der Waals surface area (Å²) in [5, 5.41) is 3.29. The maximum Gasteiger partial charge on any atom is 0.240 e. The summed E-state index contributed by atoms with van der Waals surface area (Å²) in [7, 11) is 0. The lowest BCUT2D eigenvalue weighted by molar-refractivity contribution is -0.122. The number of nitrogens with one attached hydrogen (secondary N) is 1. The van der Waals surface area contributed by atoms with Crippen LogP contribution < -0.4 is 5.32 Å². The number of allylic oxidation sites excluding steroid dienone is 1. The van der Waals surface area contributed by atoms with Gasteiger partial charge in [-0.15, -0.1) is 0 Å². The molecule has 1 aliphatic carbocycles. The largest absolute Gasteiger partial charge is 0.350 e. The van der Waals surface area contributed by atoms with Gasteiger partial charge in [0.25, 0.3) is 0 Å². The molecule has 1 saturated carbocycles. The summed E-state index contributed by atoms with van der Waals surface area (Å²) in [5.41, 5.74) is 1.40. The molecule has 5 nitrogen and oxygen atoms in total. The average Bonchev–Trinajstić information content (AvgIpc) is 3.18. The zero-order chi connectivity index (χ0) is 16.4. The van der Waals surface area contributed by atoms with E-state index in [4.69, 9.17) is 0 Å². The van der Waals surface area contributed by atoms with Crippen molar-refractivity contribution in [3.63, 3.8) is 0 Å². The van der Waals surface area contributed by atoms with Crippen molar-refractivity contribution in [2.45, 2.75) is 46.2 Å². The van der Waals surface area contributed by atoms with Crippen molar-refractivity contribution >= 4 is 5.91 Å². The van der Waals surface area contributed by atoms with E-state index in [0.29, 0.717) is 18.5 Å². The summed E-state index contributed by atoms with van der Waals surface area (Å²) in [4.78, 5) is 19.1. The molecule has 1 saturated heterocycles. The Hall–Kier alpha value is -1.62. The third kappa shape index (κ3) is 4.02. The first-order chi connectivity index (χ1) is 11.1. The van der Waals surface area contributed by atoms with Crippen molar-refractivity contribution in [1.29, 1.82) is 0 Å². The number of amides is 1. The lowest BCUT2D eigenvalue weighted by Gasteiger charge is -2.20. The molecular weight excluding hydrogens is 288 g/mol. The minimum atomic E-state index is 0.103. The molecule has 1 amide bonds. The first-order valence-electron chi connectivity index (χ1n) is 8.68. The Morgan fingerprint density at radius 3 is 2.78 bits per heavy atom. The Morgan fingerprint density at radius 1 is 1.39 bits per heavy atom. The van der Waals surface area contributed by atoms with Gasteiger partial charge < -0.3 is 9.88 Å². The molecule has 5 heteroatoms. The molecule has 23 heavy (non-hydrogen) atoms. The Labute approximate surface area is 138 Å². The summed E-state index contributed by atoms with van der Waals surface area (Å²) in [6.07, 6.45) is 8.44. The highest BCUT2D eigenvalue weighted by Gasteiger charge is 2.42. The topological polar surface area (TPSA) is 50.2 Å². The second-order valence-electron chi connectivity index (χ2n) is 7.11. The molecule has 2 fully saturated rings. The summed E-state index contributed by atoms with van der Waals surface area (Å²) in [5.74, 6) is 2.42. The number of aryl methyl sites for hydroxylation is 1. The van der Waals surface area contributed by atoms with Crippen LogP contribution in [-0.2, 0) is 11.3 Å². The highest BCUT2D eigenvalue weighted by molar-refractivity contribution is 5.76. The van der Waals surface area contributed by atoms with Gasteiger partial charge in [-0.05, 0) is 45.4 Å². The van der Waals surface area contributed by atoms with Crippen LogP contribution in [0.1, 0.15) is 32.5 Å². The van der Waals surface area contributed by atoms with Crippen molar-refractivity contribution in [2.75, 3.05) is 19.6 Å². The minimum absolute atomic E-state index is 0.103. The lowest BCUT2D eigenvalue weighted by Crippen LogP contribution is -2.42. The third-order valence-electron chi connectivity index (χ3n) is 5.22. The van der Waals surface area contributed by atoms with Gasteiger partial charge >= 0.3 is 0 Å². The zero-order valence-electron chi connectivity index (χ0n) is 14.5. The van der Waals surface area contributed by atoms with E-state index in [2.05, 4.69) is 35.1 Å². The summed E-state index contributed by atoms with van der Waals surface area (Å²) in [6, 6.07) is 0.295. The molecule has 1 aromatic rings. The number of hydrogen-bond donors (Lipinski definition) is 1. The van der Waals surface area contributed by atoms with Crippen molar-refractivity contribution < 1.29 is 4.79 Å². The molecule has 2 aliphatic rings. The van der Waals surface area contributed by atoms with Gasteiger partial charge in [0.2, 0.25) is 5.91 Å². The molecule has 1 N–H and O–H groups in total. The summed E-state index contributed by atoms with van der Waals surface area (Å²) in [6.45, 7) is 9.68. The number of imidazole rings is 1. The van der Waals surface area contributed by atoms with Gasteiger partial charge in [-0.25, -0.2) is 4.98 Å². The van der Waals surface area contributed by atoms with Crippen LogP contribution in [0.25, 0.3) is 0 Å². The standard InChI is InChI=1S/C18H28N4O/c1-4-13(2)9-21-10-16(15-5-6-15)17(11-21)20-18(23)12-22-8-7-19-14(22)3/h4,7-8,15-17H,5-6,9-12H2,1-3H3,(H,20,23)/b13-4+/t16-,17+/m1/s1. The van der Waals surface area contributed by atoms with Gasteiger partial charge in [0.1, 0.15) is 12.4 Å². The first kappa shape index (κ1) is 16.2. The van der Waals surface area contributed by atoms with Crippen LogP contribution in [0, 0.1) is 18.8 Å². The molecule has 2 heterocycles. The molecule has 0 radical (unpaired) electrons. The average molecular weight is 316 g/mol. The van der Waals surface area contributed by atoms with Gasteiger partial charge in [-0.2, -0.15) is 0 Å². The Morgan fingerprint density at radius 2 is 2.17 bits per heavy atom. The normalized spacial score (nSPS) is 25.8. The molecule has 2 atom stereocenters. The number of aromatic nitrogens is 2. The van der Waals surface area contributed by atoms with E-state index in [9.17, 15) is 4.79 Å². The van der Waals surface area contributed by atoms with Gasteiger partial charge in [0, 0.05) is 38.1 Å². The molecular formula is C18H28N4O. The third-order valence-corrected chi connectivity index (χ3v) is 5.22. The fraction of sp³-hybridized carbons (Fsp3) is 0.667. The monoisotopic (exact) mass is 316 g/mol. The Bertz CT molecular complexity index is 588. The van der Waals surface area contributed by atoms with Crippen molar-refractivity contribution in [3.8, 4) is 0 Å². The Balaban J connectivity index is 1.58. The second-order valence-corrected chi connectivity index (χ2v) is 7.11. The van der Waals surface area contributed by atoms with Gasteiger partial charge in [0.05, 0.1) is 0 Å². The number of rotatable bonds is 6. The maximum atomic E-state index is 12.4. The van der Waals surface area contributed by atoms with Crippen molar-refractivity contribution in [3.05, 3.63) is 29.9 Å². The molecule has 0 spiro atoms. The number of carbonyl (C=O) groups excluding carboxylic acids is 1. The van der Waals surface area contributed by atoms with Crippen molar-refractivity contribution in [2.24, 2.45) is 11.8 Å². The predicted molar refractivity (Wildman–Crippen MR) is 91.0 cm³/mol. The fourth-order valence-electron chi connectivity index (χ4n) is 3.62. The molecule has 1 aliphatic heterocycles. The van der Waals surface area contributed by atoms with Crippen LogP contribution in [0.5, 0.6) is 0 Å². The van der Waals surface area contributed by atoms with E-state index >= 15 is 0 Å². The fourth-order valence-corrected chi connectivity index (χ4v) is 3.62. The highest BCUT2D eigenvalue weighted by atomic mass is 16.2. The van der Waals surface area contributed by atoms with Crippen LogP contribution >= 0.6 is 0 Å². The number of hydrogen-bond acceptors (Lipinski definition) is 3. The van der Waals surface area contributed by atoms with E-state index in [1.807, 2.05) is 17.7 Å². The van der Waals surface area contributed by atoms with E-state index in [1.54, 1.807) is 6.20 Å². The molecule has 0 aromatic carbocycles. The van der Waals surface area contributed by atoms with Crippen LogP contribution in [0.4, 0.5) is 0 Å². The van der Waals surface area contributed by atoms with Crippen LogP contribution in [0.3, 0.4) is 0 Å². The summed E-state index contributed by atoms with van der Waals surface area (Å²) >= 11 is 0.